The molecule has 52 heavy (non-hydrogen) atoms. The number of esters is 2. The summed E-state index contributed by atoms with van der Waals surface area (Å²) in [7, 11) is 1.53. The molecule has 3 aromatic rings. The number of hydrogen-bond donors (Lipinski definition) is 2. The fourth-order valence-electron chi connectivity index (χ4n) is 7.15. The number of methoxy groups -OCH3 is 1. The van der Waals surface area contributed by atoms with E-state index in [0.29, 0.717) is 54.8 Å². The zero-order valence-electron chi connectivity index (χ0n) is 29.8. The summed E-state index contributed by atoms with van der Waals surface area (Å²) in [6.07, 6.45) is 1.50. The van der Waals surface area contributed by atoms with Crippen molar-refractivity contribution in [2.45, 2.75) is 69.4 Å². The van der Waals surface area contributed by atoms with Gasteiger partial charge in [-0.1, -0.05) is 66.7 Å². The van der Waals surface area contributed by atoms with Gasteiger partial charge in [0.15, 0.2) is 0 Å². The lowest BCUT2D eigenvalue weighted by molar-refractivity contribution is -0.153. The second-order valence-electron chi connectivity index (χ2n) is 12.5. The summed E-state index contributed by atoms with van der Waals surface area (Å²) in [5, 5.41) is 5.93. The summed E-state index contributed by atoms with van der Waals surface area (Å²) < 4.78 is 15.6. The van der Waals surface area contributed by atoms with Crippen molar-refractivity contribution >= 4 is 56.7 Å². The van der Waals surface area contributed by atoms with Gasteiger partial charge in [0.25, 0.3) is 5.91 Å². The third-order valence-electron chi connectivity index (χ3n) is 9.60. The van der Waals surface area contributed by atoms with Crippen molar-refractivity contribution in [1.82, 2.24) is 15.5 Å². The number of carbonyl (C=O) groups excluding carboxylic acids is 5. The molecular weight excluding hydrogens is 703 g/mol. The Bertz CT molecular complexity index is 1700. The van der Waals surface area contributed by atoms with Crippen molar-refractivity contribution < 1.29 is 38.2 Å². The smallest absolute Gasteiger partial charge is 0.329 e. The molecule has 0 aromatic heterocycles. The molecule has 0 unspecified atom stereocenters. The third-order valence-corrected chi connectivity index (χ3v) is 9.60. The fourth-order valence-corrected chi connectivity index (χ4v) is 7.15. The van der Waals surface area contributed by atoms with Crippen LogP contribution in [0.3, 0.4) is 0 Å². The van der Waals surface area contributed by atoms with Gasteiger partial charge in [0.2, 0.25) is 11.8 Å². The first-order valence-corrected chi connectivity index (χ1v) is 17.2. The number of amides is 3. The number of likely N-dealkylation sites (tertiary alicyclic amines) is 1. The molecule has 280 valence electrons. The first-order valence-electron chi connectivity index (χ1n) is 17.2. The van der Waals surface area contributed by atoms with Crippen LogP contribution in [0.25, 0.3) is 0 Å². The minimum atomic E-state index is -1.25. The molecule has 3 atom stereocenters. The number of para-hydroxylation sites is 1. The van der Waals surface area contributed by atoms with Crippen LogP contribution in [0.5, 0.6) is 5.75 Å². The lowest BCUT2D eigenvalue weighted by Gasteiger charge is -2.43. The van der Waals surface area contributed by atoms with Crippen LogP contribution in [-0.2, 0) is 34.1 Å². The van der Waals surface area contributed by atoms with E-state index in [1.165, 1.54) is 7.11 Å². The molecule has 1 aliphatic carbocycles. The number of carbonyl (C=O) groups is 5. The van der Waals surface area contributed by atoms with E-state index in [9.17, 15) is 24.0 Å². The van der Waals surface area contributed by atoms with E-state index in [2.05, 4.69) is 10.6 Å². The van der Waals surface area contributed by atoms with Crippen LogP contribution in [-0.4, -0.2) is 80.1 Å². The van der Waals surface area contributed by atoms with Gasteiger partial charge in [-0.3, -0.25) is 19.2 Å². The van der Waals surface area contributed by atoms with Crippen molar-refractivity contribution in [1.29, 1.82) is 0 Å². The maximum atomic E-state index is 14.6. The number of nitrogens with zero attached hydrogens (tertiary/aromatic N) is 1. The van der Waals surface area contributed by atoms with Gasteiger partial charge < -0.3 is 29.7 Å². The van der Waals surface area contributed by atoms with E-state index >= 15 is 0 Å². The number of rotatable bonds is 12. The molecule has 2 N–H and O–H groups in total. The summed E-state index contributed by atoms with van der Waals surface area (Å²) in [6, 6.07) is 22.5. The molecule has 13 heteroatoms. The Balaban J connectivity index is 0.00000364. The molecule has 1 saturated heterocycles. The second kappa shape index (κ2) is 19.4. The van der Waals surface area contributed by atoms with Crippen LogP contribution in [0.15, 0.2) is 78.9 Å². The van der Waals surface area contributed by atoms with Crippen molar-refractivity contribution in [3.8, 4) is 5.75 Å². The molecule has 0 saturated carbocycles. The number of piperidine rings is 1. The van der Waals surface area contributed by atoms with Gasteiger partial charge in [-0.05, 0) is 68.4 Å². The Morgan fingerprint density at radius 1 is 0.827 bits per heavy atom. The highest BCUT2D eigenvalue weighted by atomic mass is 32.1. The Hall–Kier alpha value is -4.49. The van der Waals surface area contributed by atoms with Crippen LogP contribution >= 0.6 is 27.0 Å². The Morgan fingerprint density at radius 3 is 2.13 bits per heavy atom. The van der Waals surface area contributed by atoms with E-state index in [1.54, 1.807) is 32.0 Å². The van der Waals surface area contributed by atoms with Gasteiger partial charge >= 0.3 is 11.9 Å². The molecule has 0 bridgehead atoms. The van der Waals surface area contributed by atoms with Crippen molar-refractivity contribution in [2.75, 3.05) is 33.4 Å². The SMILES string of the molecule is CCOC(=O)C[C@H](NC(=O)[C@@]1(c2ccccc2)CC[C@H](C(=O)N2CCC(NC(=O)c3ccccc3OC)CC2)c2ccccc21)C(=O)OCC.S.S. The summed E-state index contributed by atoms with van der Waals surface area (Å²) in [5.74, 6) is -2.04. The zero-order valence-corrected chi connectivity index (χ0v) is 31.8. The highest BCUT2D eigenvalue weighted by molar-refractivity contribution is 7.59. The van der Waals surface area contributed by atoms with Crippen molar-refractivity contribution in [3.63, 3.8) is 0 Å². The van der Waals surface area contributed by atoms with E-state index in [4.69, 9.17) is 14.2 Å². The lowest BCUT2D eigenvalue weighted by Crippen LogP contribution is -2.54. The molecule has 5 rings (SSSR count). The fraction of sp³-hybridized carbons (Fsp3) is 0.410. The first kappa shape index (κ1) is 41.9. The summed E-state index contributed by atoms with van der Waals surface area (Å²) in [6.45, 7) is 4.49. The average Bonchev–Trinajstić information content (AvgIpc) is 3.14. The molecular formula is C39H49N3O8S2. The van der Waals surface area contributed by atoms with E-state index in [0.717, 1.165) is 5.56 Å². The molecule has 0 radical (unpaired) electrons. The molecule has 2 aliphatic rings. The normalized spacial score (nSPS) is 18.6. The second-order valence-corrected chi connectivity index (χ2v) is 12.5. The topological polar surface area (TPSA) is 140 Å². The number of fused-ring (bicyclic) bond motifs is 1. The van der Waals surface area contributed by atoms with E-state index < -0.39 is 35.2 Å². The molecule has 3 aromatic carbocycles. The first-order chi connectivity index (χ1) is 24.2. The maximum Gasteiger partial charge on any atom is 0.329 e. The molecule has 1 heterocycles. The van der Waals surface area contributed by atoms with Gasteiger partial charge in [0, 0.05) is 19.1 Å². The highest BCUT2D eigenvalue weighted by Gasteiger charge is 2.50. The van der Waals surface area contributed by atoms with Gasteiger partial charge in [0.1, 0.15) is 11.8 Å². The Morgan fingerprint density at radius 2 is 1.46 bits per heavy atom. The third kappa shape index (κ3) is 9.11. The number of benzene rings is 3. The van der Waals surface area contributed by atoms with Crippen molar-refractivity contribution in [3.05, 3.63) is 101 Å². The highest BCUT2D eigenvalue weighted by Crippen LogP contribution is 2.48. The largest absolute Gasteiger partial charge is 0.496 e. The molecule has 3 amide bonds. The lowest BCUT2D eigenvalue weighted by atomic mass is 9.62. The monoisotopic (exact) mass is 751 g/mol. The van der Waals surface area contributed by atoms with E-state index in [1.807, 2.05) is 65.6 Å². The summed E-state index contributed by atoms with van der Waals surface area (Å²) in [4.78, 5) is 69.0. The van der Waals surface area contributed by atoms with Crippen molar-refractivity contribution in [2.24, 2.45) is 0 Å². The summed E-state index contributed by atoms with van der Waals surface area (Å²) >= 11 is 0. The van der Waals surface area contributed by atoms with Gasteiger partial charge in [-0.2, -0.15) is 27.0 Å². The van der Waals surface area contributed by atoms with Gasteiger partial charge in [-0.15, -0.1) is 0 Å². The molecule has 1 aliphatic heterocycles. The number of nitrogens with one attached hydrogen (secondary N) is 2. The molecule has 1 fully saturated rings. The van der Waals surface area contributed by atoms with Crippen LogP contribution in [0.2, 0.25) is 0 Å². The van der Waals surface area contributed by atoms with Crippen LogP contribution in [0.4, 0.5) is 0 Å². The van der Waals surface area contributed by atoms with Gasteiger partial charge in [0.05, 0.1) is 43.6 Å². The predicted octanol–water partition coefficient (Wildman–Crippen LogP) is 4.51. The minimum absolute atomic E-state index is 0. The molecule has 11 nitrogen and oxygen atoms in total. The van der Waals surface area contributed by atoms with E-state index in [-0.39, 0.29) is 70.9 Å². The zero-order chi connectivity index (χ0) is 35.7. The van der Waals surface area contributed by atoms with Gasteiger partial charge in [-0.25, -0.2) is 4.79 Å². The average molecular weight is 752 g/mol. The number of hydrogen-bond acceptors (Lipinski definition) is 8. The number of ether oxygens (including phenoxy) is 3. The maximum absolute atomic E-state index is 14.6. The quantitative estimate of drug-likeness (QED) is 0.258. The van der Waals surface area contributed by atoms with Crippen LogP contribution in [0, 0.1) is 0 Å². The van der Waals surface area contributed by atoms with Crippen LogP contribution < -0.4 is 15.4 Å². The standard InChI is InChI=1S/C39H45N3O8.2H2S/c1-4-49-34(43)25-32(37(46)50-5-2)41-38(47)39(26-13-7-6-8-14-26)22-19-29(28-15-9-11-17-31(28)39)36(45)42-23-20-27(21-24-42)40-35(44)30-16-10-12-18-33(30)48-3;;/h6-18,27,29,32H,4-5,19-25H2,1-3H3,(H,40,44)(H,41,47);2*1H2/t29-,32-,39+;;/m0../s1. The molecule has 0 spiro atoms. The summed E-state index contributed by atoms with van der Waals surface area (Å²) in [5.41, 5.74) is 1.34. The van der Waals surface area contributed by atoms with Crippen LogP contribution in [0.1, 0.15) is 78.9 Å². The Labute approximate surface area is 319 Å². The predicted molar refractivity (Wildman–Crippen MR) is 206 cm³/mol. The minimum Gasteiger partial charge on any atom is -0.496 e. The Kier molecular flexibility index (Phi) is 15.6.